The van der Waals surface area contributed by atoms with E-state index in [2.05, 4.69) is 13.8 Å². The van der Waals surface area contributed by atoms with Gasteiger partial charge in [0.15, 0.2) is 0 Å². The van der Waals surface area contributed by atoms with Gasteiger partial charge in [-0.25, -0.2) is 0 Å². The molecule has 1 unspecified atom stereocenters. The van der Waals surface area contributed by atoms with Crippen molar-refractivity contribution in [2.24, 2.45) is 46.2 Å². The van der Waals surface area contributed by atoms with Gasteiger partial charge in [0.05, 0.1) is 12.2 Å². The monoisotopic (exact) mass is 335 g/mol. The zero-order valence-electron chi connectivity index (χ0n) is 15.7. The lowest BCUT2D eigenvalue weighted by molar-refractivity contribution is -0.132. The maximum atomic E-state index is 10.4. The van der Waals surface area contributed by atoms with Crippen molar-refractivity contribution in [3.63, 3.8) is 0 Å². The van der Waals surface area contributed by atoms with Crippen LogP contribution in [0.5, 0.6) is 0 Å². The number of hydrogen-bond donors (Lipinski definition) is 3. The highest BCUT2D eigenvalue weighted by molar-refractivity contribution is 5.12. The van der Waals surface area contributed by atoms with E-state index in [1.54, 1.807) is 0 Å². The average Bonchev–Trinajstić information content (AvgIpc) is 2.78. The summed E-state index contributed by atoms with van der Waals surface area (Å²) >= 11 is 0. The average molecular weight is 336 g/mol. The Morgan fingerprint density at radius 3 is 2.38 bits per heavy atom. The van der Waals surface area contributed by atoms with Crippen molar-refractivity contribution in [3.05, 3.63) is 0 Å². The Kier molecular flexibility index (Phi) is 4.10. The number of fused-ring (bicyclic) bond motifs is 5. The second kappa shape index (κ2) is 5.69. The van der Waals surface area contributed by atoms with Gasteiger partial charge in [0.2, 0.25) is 0 Å². The van der Waals surface area contributed by atoms with E-state index < -0.39 is 0 Å². The van der Waals surface area contributed by atoms with Crippen molar-refractivity contribution in [2.75, 3.05) is 0 Å². The van der Waals surface area contributed by atoms with Gasteiger partial charge in [-0.3, -0.25) is 0 Å². The molecule has 4 N–H and O–H groups in total. The van der Waals surface area contributed by atoms with E-state index in [0.29, 0.717) is 11.3 Å². The van der Waals surface area contributed by atoms with Crippen LogP contribution >= 0.6 is 0 Å². The molecule has 10 atom stereocenters. The smallest absolute Gasteiger partial charge is 0.0560 e. The molecular formula is C21H37NO2. The summed E-state index contributed by atoms with van der Waals surface area (Å²) in [4.78, 5) is 0. The van der Waals surface area contributed by atoms with Gasteiger partial charge < -0.3 is 15.9 Å². The summed E-state index contributed by atoms with van der Waals surface area (Å²) in [7, 11) is 0. The maximum Gasteiger partial charge on any atom is 0.0560 e. The van der Waals surface area contributed by atoms with Crippen molar-refractivity contribution in [2.45, 2.75) is 90.4 Å². The van der Waals surface area contributed by atoms with E-state index in [9.17, 15) is 10.2 Å². The third-order valence-electron chi connectivity index (χ3n) is 9.34. The first-order valence-electron chi connectivity index (χ1n) is 10.4. The van der Waals surface area contributed by atoms with Gasteiger partial charge >= 0.3 is 0 Å². The van der Waals surface area contributed by atoms with Crippen molar-refractivity contribution >= 4 is 0 Å². The number of rotatable bonds is 1. The van der Waals surface area contributed by atoms with Gasteiger partial charge in [-0.2, -0.15) is 0 Å². The molecule has 0 aromatic heterocycles. The minimum Gasteiger partial charge on any atom is -0.393 e. The minimum absolute atomic E-state index is 0.0620. The highest BCUT2D eigenvalue weighted by atomic mass is 16.3. The standard InChI is InChI=1S/C21H37NO2/c1-12(23)19-18(22)11-17-15-5-4-13-10-14(24)6-8-20(13,2)16(15)7-9-21(17,19)3/h12-19,23-24H,4-11,22H2,1-3H3/t12-,13+,14+,15+,16-,17-,18?,19-,20-,21-/m0/s1. The van der Waals surface area contributed by atoms with Crippen LogP contribution in [0.2, 0.25) is 0 Å². The van der Waals surface area contributed by atoms with Crippen molar-refractivity contribution in [1.82, 2.24) is 0 Å². The largest absolute Gasteiger partial charge is 0.393 e. The van der Waals surface area contributed by atoms with Gasteiger partial charge in [0, 0.05) is 12.0 Å². The SMILES string of the molecule is C[C@H](O)[C@H]1C(N)C[C@H]2[C@@H]3CC[C@@H]4C[C@H](O)CC[C@]4(C)[C@H]3CC[C@]12C. The first-order chi connectivity index (χ1) is 11.3. The summed E-state index contributed by atoms with van der Waals surface area (Å²) in [6.07, 6.45) is 9.12. The molecular weight excluding hydrogens is 298 g/mol. The molecule has 3 heteroatoms. The Balaban J connectivity index is 1.63. The van der Waals surface area contributed by atoms with E-state index in [0.717, 1.165) is 37.0 Å². The van der Waals surface area contributed by atoms with E-state index in [4.69, 9.17) is 5.73 Å². The zero-order chi connectivity index (χ0) is 17.3. The van der Waals surface area contributed by atoms with Crippen LogP contribution in [-0.2, 0) is 0 Å². The molecule has 24 heavy (non-hydrogen) atoms. The summed E-state index contributed by atoms with van der Waals surface area (Å²) in [6, 6.07) is 0.164. The Labute approximate surface area is 147 Å². The molecule has 3 nitrogen and oxygen atoms in total. The maximum absolute atomic E-state index is 10.4. The Morgan fingerprint density at radius 2 is 1.67 bits per heavy atom. The summed E-state index contributed by atoms with van der Waals surface area (Å²) in [5.41, 5.74) is 7.19. The molecule has 0 aromatic carbocycles. The summed E-state index contributed by atoms with van der Waals surface area (Å²) < 4.78 is 0. The fourth-order valence-electron chi connectivity index (χ4n) is 8.28. The van der Waals surface area contributed by atoms with Crippen LogP contribution in [0, 0.1) is 40.4 Å². The minimum atomic E-state index is -0.289. The molecule has 0 saturated heterocycles. The van der Waals surface area contributed by atoms with Crippen LogP contribution in [0.25, 0.3) is 0 Å². The molecule has 4 aliphatic rings. The van der Waals surface area contributed by atoms with Gasteiger partial charge in [0.25, 0.3) is 0 Å². The van der Waals surface area contributed by atoms with Gasteiger partial charge in [-0.05, 0) is 92.8 Å². The molecule has 4 saturated carbocycles. The van der Waals surface area contributed by atoms with Crippen LogP contribution in [0.4, 0.5) is 0 Å². The topological polar surface area (TPSA) is 66.5 Å². The zero-order valence-corrected chi connectivity index (χ0v) is 15.7. The van der Waals surface area contributed by atoms with Gasteiger partial charge in [-0.15, -0.1) is 0 Å². The van der Waals surface area contributed by atoms with E-state index in [1.165, 1.54) is 32.1 Å². The van der Waals surface area contributed by atoms with Crippen molar-refractivity contribution in [3.8, 4) is 0 Å². The molecule has 0 aliphatic heterocycles. The third kappa shape index (κ3) is 2.27. The van der Waals surface area contributed by atoms with Crippen LogP contribution in [-0.4, -0.2) is 28.5 Å². The molecule has 4 aliphatic carbocycles. The second-order valence-electron chi connectivity index (χ2n) is 10.3. The predicted molar refractivity (Wildman–Crippen MR) is 96.3 cm³/mol. The summed E-state index contributed by atoms with van der Waals surface area (Å²) in [5, 5.41) is 20.5. The molecule has 4 fully saturated rings. The summed E-state index contributed by atoms with van der Waals surface area (Å²) in [5.74, 6) is 3.27. The second-order valence-corrected chi connectivity index (χ2v) is 10.3. The van der Waals surface area contributed by atoms with Crippen molar-refractivity contribution < 1.29 is 10.2 Å². The van der Waals surface area contributed by atoms with Crippen LogP contribution in [0.3, 0.4) is 0 Å². The number of aliphatic hydroxyl groups excluding tert-OH is 2. The van der Waals surface area contributed by atoms with E-state index in [-0.39, 0.29) is 29.6 Å². The normalized spacial score (nSPS) is 58.5. The quantitative estimate of drug-likeness (QED) is 0.688. The fourth-order valence-corrected chi connectivity index (χ4v) is 8.28. The molecule has 0 spiro atoms. The highest BCUT2D eigenvalue weighted by Gasteiger charge is 2.62. The van der Waals surface area contributed by atoms with Gasteiger partial charge in [0.1, 0.15) is 0 Å². The van der Waals surface area contributed by atoms with E-state index in [1.807, 2.05) is 6.92 Å². The number of hydrogen-bond acceptors (Lipinski definition) is 3. The molecule has 0 amide bonds. The number of aliphatic hydroxyl groups is 2. The molecule has 4 rings (SSSR count). The number of nitrogens with two attached hydrogens (primary N) is 1. The Morgan fingerprint density at radius 1 is 0.958 bits per heavy atom. The Hall–Kier alpha value is -0.120. The molecule has 0 radical (unpaired) electrons. The predicted octanol–water partition coefficient (Wildman–Crippen LogP) is 3.32. The first-order valence-corrected chi connectivity index (χ1v) is 10.4. The van der Waals surface area contributed by atoms with Gasteiger partial charge in [-0.1, -0.05) is 13.8 Å². The lowest BCUT2D eigenvalue weighted by Crippen LogP contribution is -2.54. The molecule has 0 heterocycles. The lowest BCUT2D eigenvalue weighted by Gasteiger charge is -2.61. The highest BCUT2D eigenvalue weighted by Crippen LogP contribution is 2.67. The third-order valence-corrected chi connectivity index (χ3v) is 9.34. The summed E-state index contributed by atoms with van der Waals surface area (Å²) in [6.45, 7) is 6.91. The van der Waals surface area contributed by atoms with Crippen molar-refractivity contribution in [1.29, 1.82) is 0 Å². The van der Waals surface area contributed by atoms with E-state index >= 15 is 0 Å². The molecule has 0 aromatic rings. The van der Waals surface area contributed by atoms with Crippen LogP contribution in [0.1, 0.15) is 72.1 Å². The molecule has 138 valence electrons. The lowest BCUT2D eigenvalue weighted by atomic mass is 9.44. The van der Waals surface area contributed by atoms with Crippen LogP contribution < -0.4 is 5.73 Å². The Bertz CT molecular complexity index is 494. The molecule has 0 bridgehead atoms. The first kappa shape index (κ1) is 17.3. The van der Waals surface area contributed by atoms with Crippen LogP contribution in [0.15, 0.2) is 0 Å². The fraction of sp³-hybridized carbons (Fsp3) is 1.00.